The molecule has 0 spiro atoms. The van der Waals surface area contributed by atoms with Gasteiger partial charge in [0, 0.05) is 18.0 Å². The molecular formula is C11H14FNO. The van der Waals surface area contributed by atoms with Crippen LogP contribution < -0.4 is 10.5 Å². The van der Waals surface area contributed by atoms with E-state index in [1.165, 1.54) is 6.07 Å². The highest BCUT2D eigenvalue weighted by Gasteiger charge is 2.19. The lowest BCUT2D eigenvalue weighted by Gasteiger charge is -2.10. The summed E-state index contributed by atoms with van der Waals surface area (Å²) in [6.07, 6.45) is 1.38. The topological polar surface area (TPSA) is 35.2 Å². The quantitative estimate of drug-likeness (QED) is 0.778. The number of halogens is 1. The largest absolute Gasteiger partial charge is 0.493 e. The van der Waals surface area contributed by atoms with Crippen LogP contribution in [0.2, 0.25) is 0 Å². The summed E-state index contributed by atoms with van der Waals surface area (Å²) in [5.41, 5.74) is 7.41. The molecule has 14 heavy (non-hydrogen) atoms. The van der Waals surface area contributed by atoms with E-state index in [0.29, 0.717) is 13.0 Å². The van der Waals surface area contributed by atoms with E-state index in [9.17, 15) is 4.39 Å². The van der Waals surface area contributed by atoms with Gasteiger partial charge in [-0.3, -0.25) is 0 Å². The Morgan fingerprint density at radius 2 is 2.36 bits per heavy atom. The Morgan fingerprint density at radius 3 is 3.07 bits per heavy atom. The van der Waals surface area contributed by atoms with Gasteiger partial charge in [-0.25, -0.2) is 4.39 Å². The Kier molecular flexibility index (Phi) is 2.42. The van der Waals surface area contributed by atoms with Crippen LogP contribution in [0.5, 0.6) is 5.75 Å². The molecule has 3 heteroatoms. The number of hydrogen-bond donors (Lipinski definition) is 1. The first kappa shape index (κ1) is 9.46. The van der Waals surface area contributed by atoms with Crippen LogP contribution in [0.3, 0.4) is 0 Å². The predicted octanol–water partition coefficient (Wildman–Crippen LogP) is 1.65. The van der Waals surface area contributed by atoms with Gasteiger partial charge < -0.3 is 10.5 Å². The zero-order chi connectivity index (χ0) is 10.1. The number of nitrogens with two attached hydrogens (primary N) is 1. The first-order valence-electron chi connectivity index (χ1n) is 4.87. The summed E-state index contributed by atoms with van der Waals surface area (Å²) in [5, 5.41) is 0. The van der Waals surface area contributed by atoms with Gasteiger partial charge in [0.2, 0.25) is 0 Å². The molecule has 76 valence electrons. The number of rotatable bonds is 2. The van der Waals surface area contributed by atoms with Crippen molar-refractivity contribution in [3.63, 3.8) is 0 Å². The van der Waals surface area contributed by atoms with Crippen LogP contribution in [0, 0.1) is 5.82 Å². The fourth-order valence-electron chi connectivity index (χ4n) is 1.86. The van der Waals surface area contributed by atoms with Crippen molar-refractivity contribution >= 4 is 0 Å². The maximum absolute atomic E-state index is 13.5. The van der Waals surface area contributed by atoms with Crippen LogP contribution in [0.4, 0.5) is 4.39 Å². The second-order valence-corrected chi connectivity index (χ2v) is 3.78. The fourth-order valence-corrected chi connectivity index (χ4v) is 1.86. The van der Waals surface area contributed by atoms with Gasteiger partial charge in [0.1, 0.15) is 11.6 Å². The van der Waals surface area contributed by atoms with Crippen LogP contribution in [0.1, 0.15) is 18.1 Å². The highest BCUT2D eigenvalue weighted by Crippen LogP contribution is 2.30. The molecule has 2 nitrogen and oxygen atoms in total. The van der Waals surface area contributed by atoms with Crippen molar-refractivity contribution in [2.45, 2.75) is 25.8 Å². The summed E-state index contributed by atoms with van der Waals surface area (Å²) in [6.45, 7) is 2.54. The second-order valence-electron chi connectivity index (χ2n) is 3.78. The molecule has 2 rings (SSSR count). The van der Waals surface area contributed by atoms with E-state index in [1.807, 2.05) is 6.92 Å². The van der Waals surface area contributed by atoms with Crippen molar-refractivity contribution in [3.05, 3.63) is 29.1 Å². The third kappa shape index (κ3) is 1.60. The maximum atomic E-state index is 13.5. The third-order valence-electron chi connectivity index (χ3n) is 2.47. The fraction of sp³-hybridized carbons (Fsp3) is 0.455. The van der Waals surface area contributed by atoms with Crippen LogP contribution in [0.25, 0.3) is 0 Å². The van der Waals surface area contributed by atoms with Crippen molar-refractivity contribution < 1.29 is 9.13 Å². The monoisotopic (exact) mass is 195 g/mol. The van der Waals surface area contributed by atoms with Gasteiger partial charge in [0.15, 0.2) is 0 Å². The number of fused-ring (bicyclic) bond motifs is 1. The lowest BCUT2D eigenvalue weighted by Crippen LogP contribution is -2.19. The molecule has 0 saturated carbocycles. The summed E-state index contributed by atoms with van der Waals surface area (Å²) in [7, 11) is 0. The average molecular weight is 195 g/mol. The molecule has 1 heterocycles. The van der Waals surface area contributed by atoms with Gasteiger partial charge in [0.05, 0.1) is 6.61 Å². The normalized spacial score (nSPS) is 16.2. The molecular weight excluding hydrogens is 181 g/mol. The molecule has 0 aliphatic carbocycles. The van der Waals surface area contributed by atoms with Gasteiger partial charge in [-0.1, -0.05) is 0 Å². The summed E-state index contributed by atoms with van der Waals surface area (Å²) in [4.78, 5) is 0. The standard InChI is InChI=1S/C11H14FNO/c1-7(13)6-9-8-4-5-14-11(8)3-2-10(9)12/h2-3,7H,4-6,13H2,1H3. The van der Waals surface area contributed by atoms with E-state index < -0.39 is 0 Å². The molecule has 0 aromatic heterocycles. The minimum absolute atomic E-state index is 0.0170. The van der Waals surface area contributed by atoms with Gasteiger partial charge in [0.25, 0.3) is 0 Å². The number of benzene rings is 1. The molecule has 1 aromatic rings. The summed E-state index contributed by atoms with van der Waals surface area (Å²) in [6, 6.07) is 3.14. The Balaban J connectivity index is 2.41. The van der Waals surface area contributed by atoms with Crippen molar-refractivity contribution in [1.82, 2.24) is 0 Å². The van der Waals surface area contributed by atoms with Crippen molar-refractivity contribution in [2.24, 2.45) is 5.73 Å². The number of hydrogen-bond acceptors (Lipinski definition) is 2. The van der Waals surface area contributed by atoms with Crippen molar-refractivity contribution in [2.75, 3.05) is 6.61 Å². The smallest absolute Gasteiger partial charge is 0.127 e. The SMILES string of the molecule is CC(N)Cc1c(F)ccc2c1CCO2. The van der Waals surface area contributed by atoms with E-state index >= 15 is 0 Å². The summed E-state index contributed by atoms with van der Waals surface area (Å²) >= 11 is 0. The van der Waals surface area contributed by atoms with E-state index in [-0.39, 0.29) is 11.9 Å². The summed E-state index contributed by atoms with van der Waals surface area (Å²) in [5.74, 6) is 0.661. The van der Waals surface area contributed by atoms with Gasteiger partial charge >= 0.3 is 0 Å². The third-order valence-corrected chi connectivity index (χ3v) is 2.47. The highest BCUT2D eigenvalue weighted by atomic mass is 19.1. The first-order valence-corrected chi connectivity index (χ1v) is 4.87. The first-order chi connectivity index (χ1) is 6.68. The molecule has 0 saturated heterocycles. The van der Waals surface area contributed by atoms with Crippen LogP contribution in [-0.4, -0.2) is 12.6 Å². The van der Waals surface area contributed by atoms with E-state index in [2.05, 4.69) is 0 Å². The second kappa shape index (κ2) is 3.58. The molecule has 1 aliphatic heterocycles. The van der Waals surface area contributed by atoms with Crippen LogP contribution in [0.15, 0.2) is 12.1 Å². The van der Waals surface area contributed by atoms with Gasteiger partial charge in [-0.05, 0) is 31.0 Å². The number of ether oxygens (including phenoxy) is 1. The lowest BCUT2D eigenvalue weighted by molar-refractivity contribution is 0.356. The molecule has 2 N–H and O–H groups in total. The van der Waals surface area contributed by atoms with Gasteiger partial charge in [-0.15, -0.1) is 0 Å². The Bertz CT molecular complexity index is 349. The van der Waals surface area contributed by atoms with Crippen LogP contribution >= 0.6 is 0 Å². The van der Waals surface area contributed by atoms with Crippen molar-refractivity contribution in [1.29, 1.82) is 0 Å². The molecule has 0 fully saturated rings. The molecule has 0 radical (unpaired) electrons. The lowest BCUT2D eigenvalue weighted by atomic mass is 9.99. The predicted molar refractivity (Wildman–Crippen MR) is 53.0 cm³/mol. The zero-order valence-electron chi connectivity index (χ0n) is 8.22. The van der Waals surface area contributed by atoms with Crippen LogP contribution in [-0.2, 0) is 12.8 Å². The minimum atomic E-state index is -0.161. The molecule has 1 aliphatic rings. The minimum Gasteiger partial charge on any atom is -0.493 e. The molecule has 0 bridgehead atoms. The Labute approximate surface area is 82.9 Å². The molecule has 1 aromatic carbocycles. The molecule has 1 unspecified atom stereocenters. The zero-order valence-corrected chi connectivity index (χ0v) is 8.22. The average Bonchev–Trinajstić information content (AvgIpc) is 2.57. The van der Waals surface area contributed by atoms with E-state index in [4.69, 9.17) is 10.5 Å². The Morgan fingerprint density at radius 1 is 1.57 bits per heavy atom. The van der Waals surface area contributed by atoms with Gasteiger partial charge in [-0.2, -0.15) is 0 Å². The summed E-state index contributed by atoms with van der Waals surface area (Å²) < 4.78 is 18.9. The highest BCUT2D eigenvalue weighted by molar-refractivity contribution is 5.44. The van der Waals surface area contributed by atoms with Crippen molar-refractivity contribution in [3.8, 4) is 5.75 Å². The van der Waals surface area contributed by atoms with E-state index in [0.717, 1.165) is 23.3 Å². The Hall–Kier alpha value is -1.09. The molecule has 0 amide bonds. The maximum Gasteiger partial charge on any atom is 0.127 e. The van der Waals surface area contributed by atoms with E-state index in [1.54, 1.807) is 6.07 Å². The molecule has 1 atom stereocenters.